The molecule has 2 atom stereocenters. The molecule has 4 rings (SSSR count). The lowest BCUT2D eigenvalue weighted by Gasteiger charge is -2.21. The predicted octanol–water partition coefficient (Wildman–Crippen LogP) is 1.92. The van der Waals surface area contributed by atoms with Crippen molar-refractivity contribution in [2.75, 3.05) is 13.7 Å². The molecule has 0 unspecified atom stereocenters. The standard InChI is InChI=1S/C17H20N6O2/c1-12-19-17(25-20-12)16-8-15(24-2)11-22(16)10-14-9-18-21-23(14)13-6-4-3-5-7-13/h3-7,9,15-16H,8,10-11H2,1-2H3/t15-,16+/m0/s1. The smallest absolute Gasteiger partial charge is 0.244 e. The van der Waals surface area contributed by atoms with Crippen molar-refractivity contribution >= 4 is 0 Å². The molecule has 3 heterocycles. The molecular formula is C17H20N6O2. The summed E-state index contributed by atoms with van der Waals surface area (Å²) in [6.45, 7) is 3.30. The van der Waals surface area contributed by atoms with Crippen LogP contribution in [0.3, 0.4) is 0 Å². The largest absolute Gasteiger partial charge is 0.380 e. The number of likely N-dealkylation sites (tertiary alicyclic amines) is 1. The second-order valence-electron chi connectivity index (χ2n) is 6.19. The minimum atomic E-state index is 0.0327. The number of aromatic nitrogens is 5. The summed E-state index contributed by atoms with van der Waals surface area (Å²) in [5.41, 5.74) is 1.99. The van der Waals surface area contributed by atoms with E-state index < -0.39 is 0 Å². The minimum absolute atomic E-state index is 0.0327. The maximum Gasteiger partial charge on any atom is 0.244 e. The number of hydrogen-bond donors (Lipinski definition) is 0. The average molecular weight is 340 g/mol. The Balaban J connectivity index is 1.60. The number of methoxy groups -OCH3 is 1. The van der Waals surface area contributed by atoms with Crippen LogP contribution in [0.2, 0.25) is 0 Å². The monoisotopic (exact) mass is 340 g/mol. The summed E-state index contributed by atoms with van der Waals surface area (Å²) in [6, 6.07) is 10.0. The van der Waals surface area contributed by atoms with Crippen LogP contribution in [0.1, 0.15) is 29.9 Å². The molecule has 0 bridgehead atoms. The summed E-state index contributed by atoms with van der Waals surface area (Å²) in [6.07, 6.45) is 2.76. The molecule has 0 radical (unpaired) electrons. The van der Waals surface area contributed by atoms with Crippen molar-refractivity contribution in [3.63, 3.8) is 0 Å². The SMILES string of the molecule is CO[C@H]1C[C@H](c2nc(C)no2)N(Cc2cnnn2-c2ccccc2)C1. The van der Waals surface area contributed by atoms with Crippen molar-refractivity contribution in [1.82, 2.24) is 30.0 Å². The van der Waals surface area contributed by atoms with E-state index in [4.69, 9.17) is 9.26 Å². The van der Waals surface area contributed by atoms with Gasteiger partial charge in [0, 0.05) is 20.2 Å². The average Bonchev–Trinajstić information content (AvgIpc) is 3.36. The normalized spacial score (nSPS) is 21.0. The van der Waals surface area contributed by atoms with Crippen LogP contribution >= 0.6 is 0 Å². The van der Waals surface area contributed by atoms with Gasteiger partial charge >= 0.3 is 0 Å². The van der Waals surface area contributed by atoms with Gasteiger partial charge in [-0.15, -0.1) is 5.10 Å². The Bertz CT molecular complexity index is 831. The van der Waals surface area contributed by atoms with Gasteiger partial charge in [-0.05, 0) is 25.5 Å². The first-order valence-corrected chi connectivity index (χ1v) is 8.26. The molecule has 1 saturated heterocycles. The summed E-state index contributed by atoms with van der Waals surface area (Å²) >= 11 is 0. The number of aryl methyl sites for hydroxylation is 1. The topological polar surface area (TPSA) is 82.1 Å². The number of ether oxygens (including phenoxy) is 1. The number of nitrogens with zero attached hydrogens (tertiary/aromatic N) is 6. The lowest BCUT2D eigenvalue weighted by Crippen LogP contribution is -2.26. The molecule has 1 aromatic carbocycles. The lowest BCUT2D eigenvalue weighted by atomic mass is 10.2. The van der Waals surface area contributed by atoms with Crippen LogP contribution in [0.25, 0.3) is 5.69 Å². The van der Waals surface area contributed by atoms with Crippen molar-refractivity contribution in [3.8, 4) is 5.69 Å². The fraction of sp³-hybridized carbons (Fsp3) is 0.412. The molecule has 1 aliphatic rings. The van der Waals surface area contributed by atoms with E-state index in [1.54, 1.807) is 13.3 Å². The highest BCUT2D eigenvalue weighted by molar-refractivity contribution is 5.31. The first-order chi connectivity index (χ1) is 12.2. The van der Waals surface area contributed by atoms with Crippen molar-refractivity contribution in [3.05, 3.63) is 53.9 Å². The van der Waals surface area contributed by atoms with E-state index in [9.17, 15) is 0 Å². The molecule has 8 heteroatoms. The van der Waals surface area contributed by atoms with Gasteiger partial charge in [0.1, 0.15) is 0 Å². The first-order valence-electron chi connectivity index (χ1n) is 8.26. The molecule has 1 aliphatic heterocycles. The third-order valence-corrected chi connectivity index (χ3v) is 4.51. The second-order valence-corrected chi connectivity index (χ2v) is 6.19. The summed E-state index contributed by atoms with van der Waals surface area (Å²) in [5, 5.41) is 12.2. The van der Waals surface area contributed by atoms with Gasteiger partial charge in [0.2, 0.25) is 5.89 Å². The van der Waals surface area contributed by atoms with Gasteiger partial charge in [0.05, 0.1) is 29.7 Å². The van der Waals surface area contributed by atoms with Crippen molar-refractivity contribution < 1.29 is 9.26 Å². The zero-order chi connectivity index (χ0) is 17.2. The number of benzene rings is 1. The van der Waals surface area contributed by atoms with E-state index in [2.05, 4.69) is 25.4 Å². The van der Waals surface area contributed by atoms with E-state index in [0.717, 1.165) is 24.3 Å². The molecule has 3 aromatic rings. The van der Waals surface area contributed by atoms with Gasteiger partial charge in [-0.2, -0.15) is 4.98 Å². The van der Waals surface area contributed by atoms with E-state index in [1.807, 2.05) is 41.9 Å². The molecular weight excluding hydrogens is 320 g/mol. The molecule has 0 aliphatic carbocycles. The second kappa shape index (κ2) is 6.73. The maximum absolute atomic E-state index is 5.56. The van der Waals surface area contributed by atoms with Crippen molar-refractivity contribution in [2.45, 2.75) is 32.0 Å². The van der Waals surface area contributed by atoms with Gasteiger partial charge in [-0.3, -0.25) is 4.90 Å². The highest BCUT2D eigenvalue weighted by Crippen LogP contribution is 2.33. The van der Waals surface area contributed by atoms with E-state index in [1.165, 1.54) is 0 Å². The molecule has 1 fully saturated rings. The van der Waals surface area contributed by atoms with Gasteiger partial charge in [0.25, 0.3) is 0 Å². The Kier molecular flexibility index (Phi) is 4.29. The Morgan fingerprint density at radius 3 is 2.84 bits per heavy atom. The zero-order valence-corrected chi connectivity index (χ0v) is 14.2. The number of rotatable bonds is 5. The lowest BCUT2D eigenvalue weighted by molar-refractivity contribution is 0.107. The molecule has 8 nitrogen and oxygen atoms in total. The summed E-state index contributed by atoms with van der Waals surface area (Å²) in [4.78, 5) is 6.69. The van der Waals surface area contributed by atoms with Gasteiger partial charge in [0.15, 0.2) is 5.82 Å². The van der Waals surface area contributed by atoms with Crippen molar-refractivity contribution in [1.29, 1.82) is 0 Å². The van der Waals surface area contributed by atoms with Crippen LogP contribution in [-0.4, -0.2) is 49.8 Å². The van der Waals surface area contributed by atoms with Gasteiger partial charge in [-0.25, -0.2) is 4.68 Å². The predicted molar refractivity (Wildman–Crippen MR) is 89.0 cm³/mol. The van der Waals surface area contributed by atoms with Gasteiger partial charge < -0.3 is 9.26 Å². The highest BCUT2D eigenvalue weighted by atomic mass is 16.5. The van der Waals surface area contributed by atoms with Crippen LogP contribution in [0.5, 0.6) is 0 Å². The summed E-state index contributed by atoms with van der Waals surface area (Å²) in [7, 11) is 1.74. The molecule has 25 heavy (non-hydrogen) atoms. The number of hydrogen-bond acceptors (Lipinski definition) is 7. The fourth-order valence-corrected chi connectivity index (χ4v) is 3.27. The number of para-hydroxylation sites is 1. The fourth-order valence-electron chi connectivity index (χ4n) is 3.27. The first kappa shape index (κ1) is 15.9. The van der Waals surface area contributed by atoms with E-state index in [-0.39, 0.29) is 12.1 Å². The molecule has 0 amide bonds. The Morgan fingerprint density at radius 2 is 2.12 bits per heavy atom. The third kappa shape index (κ3) is 3.18. The molecule has 0 N–H and O–H groups in total. The molecule has 130 valence electrons. The van der Waals surface area contributed by atoms with Gasteiger partial charge in [-0.1, -0.05) is 28.6 Å². The quantitative estimate of drug-likeness (QED) is 0.702. The van der Waals surface area contributed by atoms with Crippen molar-refractivity contribution in [2.24, 2.45) is 0 Å². The van der Waals surface area contributed by atoms with Crippen LogP contribution in [0.15, 0.2) is 41.1 Å². The molecule has 0 saturated carbocycles. The third-order valence-electron chi connectivity index (χ3n) is 4.51. The molecule has 0 spiro atoms. The Hall–Kier alpha value is -2.58. The zero-order valence-electron chi connectivity index (χ0n) is 14.2. The Labute approximate surface area is 145 Å². The van der Waals surface area contributed by atoms with E-state index in [0.29, 0.717) is 18.3 Å². The van der Waals surface area contributed by atoms with Crippen LogP contribution < -0.4 is 0 Å². The minimum Gasteiger partial charge on any atom is -0.380 e. The summed E-state index contributed by atoms with van der Waals surface area (Å²) in [5.74, 6) is 1.28. The van der Waals surface area contributed by atoms with Crippen LogP contribution in [0, 0.1) is 6.92 Å². The van der Waals surface area contributed by atoms with Crippen LogP contribution in [0.4, 0.5) is 0 Å². The Morgan fingerprint density at radius 1 is 1.28 bits per heavy atom. The summed E-state index contributed by atoms with van der Waals surface area (Å²) < 4.78 is 12.8. The maximum atomic E-state index is 5.56. The molecule has 2 aromatic heterocycles. The van der Waals surface area contributed by atoms with E-state index >= 15 is 0 Å². The highest BCUT2D eigenvalue weighted by Gasteiger charge is 2.37. The van der Waals surface area contributed by atoms with Crippen LogP contribution in [-0.2, 0) is 11.3 Å².